The summed E-state index contributed by atoms with van der Waals surface area (Å²) in [6, 6.07) is 23.6. The highest BCUT2D eigenvalue weighted by molar-refractivity contribution is 9.10. The van der Waals surface area contributed by atoms with Crippen molar-refractivity contribution in [2.24, 2.45) is 5.41 Å². The van der Waals surface area contributed by atoms with Gasteiger partial charge in [-0.25, -0.2) is 0 Å². The molecule has 0 radical (unpaired) electrons. The van der Waals surface area contributed by atoms with E-state index in [1.54, 1.807) is 18.3 Å². The fourth-order valence-corrected chi connectivity index (χ4v) is 5.20. The van der Waals surface area contributed by atoms with Gasteiger partial charge in [0.1, 0.15) is 6.04 Å². The first-order valence-corrected chi connectivity index (χ1v) is 11.0. The van der Waals surface area contributed by atoms with Crippen LogP contribution in [0.2, 0.25) is 0 Å². The van der Waals surface area contributed by atoms with Crippen LogP contribution in [0.25, 0.3) is 6.08 Å². The number of Topliss-reactive ketones (excluding diaryl/α,β-unsaturated/α-hetero) is 1. The first-order valence-electron chi connectivity index (χ1n) is 10.2. The van der Waals surface area contributed by atoms with E-state index in [-0.39, 0.29) is 5.78 Å². The number of carbonyl (C=O) groups excluding carboxylic acids is 1. The van der Waals surface area contributed by atoms with E-state index in [0.717, 1.165) is 21.4 Å². The number of pyridine rings is 1. The molecule has 2 aliphatic rings. The third kappa shape index (κ3) is 2.88. The Morgan fingerprint density at radius 2 is 1.72 bits per heavy atom. The lowest BCUT2D eigenvalue weighted by molar-refractivity contribution is 0.0951. The van der Waals surface area contributed by atoms with Crippen molar-refractivity contribution < 1.29 is 4.79 Å². The van der Waals surface area contributed by atoms with Crippen molar-refractivity contribution in [3.05, 3.63) is 100 Å². The summed E-state index contributed by atoms with van der Waals surface area (Å²) in [5, 5.41) is 20.8. The van der Waals surface area contributed by atoms with Gasteiger partial charge < -0.3 is 4.90 Å². The maximum atomic E-state index is 14.0. The fraction of sp³-hybridized carbons (Fsp3) is 0.154. The molecule has 32 heavy (non-hydrogen) atoms. The van der Waals surface area contributed by atoms with Crippen LogP contribution in [0, 0.1) is 28.1 Å². The van der Waals surface area contributed by atoms with Gasteiger partial charge in [0.05, 0.1) is 29.6 Å². The van der Waals surface area contributed by atoms with Crippen molar-refractivity contribution in [3.63, 3.8) is 0 Å². The molecule has 0 aliphatic carbocycles. The van der Waals surface area contributed by atoms with Gasteiger partial charge in [-0.15, -0.1) is 0 Å². The molecule has 0 unspecified atom stereocenters. The van der Waals surface area contributed by atoms with Gasteiger partial charge >= 0.3 is 0 Å². The van der Waals surface area contributed by atoms with Crippen LogP contribution in [0.5, 0.6) is 0 Å². The first-order chi connectivity index (χ1) is 15.6. The topological polar surface area (TPSA) is 80.8 Å². The second kappa shape index (κ2) is 7.75. The van der Waals surface area contributed by atoms with Gasteiger partial charge in [-0.1, -0.05) is 64.5 Å². The second-order valence-corrected chi connectivity index (χ2v) is 8.83. The Morgan fingerprint density at radius 1 is 1.00 bits per heavy atom. The van der Waals surface area contributed by atoms with Gasteiger partial charge in [0.2, 0.25) is 0 Å². The van der Waals surface area contributed by atoms with Crippen LogP contribution in [-0.4, -0.2) is 22.9 Å². The molecule has 5 nitrogen and oxygen atoms in total. The number of carbonyl (C=O) groups is 1. The number of ketones is 1. The van der Waals surface area contributed by atoms with Gasteiger partial charge in [-0.3, -0.25) is 9.78 Å². The Kier molecular flexibility index (Phi) is 4.89. The Morgan fingerprint density at radius 3 is 2.41 bits per heavy atom. The predicted molar refractivity (Wildman–Crippen MR) is 125 cm³/mol. The van der Waals surface area contributed by atoms with Gasteiger partial charge in [0.25, 0.3) is 0 Å². The molecule has 1 saturated heterocycles. The maximum Gasteiger partial charge on any atom is 0.185 e. The molecule has 0 saturated carbocycles. The number of halogens is 1. The molecule has 0 amide bonds. The minimum atomic E-state index is -1.45. The number of nitrogens with zero attached hydrogens (tertiary/aromatic N) is 4. The zero-order chi connectivity index (χ0) is 22.3. The average molecular weight is 481 g/mol. The third-order valence-corrected chi connectivity index (χ3v) is 6.86. The normalized spacial score (nSPS) is 22.3. The molecule has 0 bridgehead atoms. The van der Waals surface area contributed by atoms with E-state index < -0.39 is 23.4 Å². The first kappa shape index (κ1) is 20.2. The summed E-state index contributed by atoms with van der Waals surface area (Å²) in [7, 11) is 0. The Hall–Kier alpha value is -3.74. The molecule has 0 N–H and O–H groups in total. The largest absolute Gasteiger partial charge is 0.349 e. The summed E-state index contributed by atoms with van der Waals surface area (Å²) in [6.45, 7) is 0. The van der Waals surface area contributed by atoms with Crippen LogP contribution in [0.3, 0.4) is 0 Å². The Balaban J connectivity index is 1.79. The highest BCUT2D eigenvalue weighted by Gasteiger charge is 2.63. The number of aromatic nitrogens is 1. The molecule has 1 fully saturated rings. The van der Waals surface area contributed by atoms with Crippen LogP contribution in [0.15, 0.2) is 83.5 Å². The monoisotopic (exact) mass is 480 g/mol. The number of anilines is 1. The SMILES string of the molecule is N#CC1(C#N)[C@H](c2ccc(Br)cc2)[C@H](C(=O)c2ccccc2)N2c3cccnc3C=C[C@@H]21. The maximum absolute atomic E-state index is 14.0. The summed E-state index contributed by atoms with van der Waals surface area (Å²) < 4.78 is 0.886. The lowest BCUT2D eigenvalue weighted by Gasteiger charge is -2.34. The van der Waals surface area contributed by atoms with Crippen molar-refractivity contribution in [2.75, 3.05) is 4.90 Å². The quantitative estimate of drug-likeness (QED) is 0.485. The summed E-state index contributed by atoms with van der Waals surface area (Å²) in [4.78, 5) is 20.3. The molecule has 6 heteroatoms. The molecule has 5 rings (SSSR count). The van der Waals surface area contributed by atoms with Crippen molar-refractivity contribution in [1.82, 2.24) is 4.98 Å². The van der Waals surface area contributed by atoms with Crippen LogP contribution in [0.4, 0.5) is 5.69 Å². The molecular formula is C26H17BrN4O. The lowest BCUT2D eigenvalue weighted by atomic mass is 9.69. The van der Waals surface area contributed by atoms with Gasteiger partial charge in [0.15, 0.2) is 11.2 Å². The molecule has 0 spiro atoms. The number of rotatable bonds is 3. The number of hydrogen-bond acceptors (Lipinski definition) is 5. The van der Waals surface area contributed by atoms with Crippen molar-refractivity contribution in [3.8, 4) is 12.1 Å². The Bertz CT molecular complexity index is 1290. The van der Waals surface area contributed by atoms with E-state index in [0.29, 0.717) is 5.56 Å². The lowest BCUT2D eigenvalue weighted by Crippen LogP contribution is -2.44. The van der Waals surface area contributed by atoms with E-state index in [1.807, 2.05) is 71.6 Å². The van der Waals surface area contributed by atoms with Crippen LogP contribution in [0.1, 0.15) is 27.5 Å². The number of hydrogen-bond donors (Lipinski definition) is 0. The van der Waals surface area contributed by atoms with Gasteiger partial charge in [-0.2, -0.15) is 10.5 Å². The second-order valence-electron chi connectivity index (χ2n) is 7.92. The summed E-state index contributed by atoms with van der Waals surface area (Å²) in [5.41, 5.74) is 1.34. The molecule has 3 aromatic rings. The van der Waals surface area contributed by atoms with Gasteiger partial charge in [0, 0.05) is 22.2 Å². The van der Waals surface area contributed by atoms with Crippen LogP contribution >= 0.6 is 15.9 Å². The number of fused-ring (bicyclic) bond motifs is 3. The van der Waals surface area contributed by atoms with Crippen molar-refractivity contribution >= 4 is 33.5 Å². The van der Waals surface area contributed by atoms with Crippen molar-refractivity contribution in [1.29, 1.82) is 10.5 Å². The summed E-state index contributed by atoms with van der Waals surface area (Å²) in [6.07, 6.45) is 5.38. The van der Waals surface area contributed by atoms with Gasteiger partial charge in [-0.05, 0) is 35.9 Å². The molecule has 3 atom stereocenters. The van der Waals surface area contributed by atoms with E-state index in [9.17, 15) is 15.3 Å². The summed E-state index contributed by atoms with van der Waals surface area (Å²) >= 11 is 3.45. The Labute approximate surface area is 194 Å². The molecule has 154 valence electrons. The third-order valence-electron chi connectivity index (χ3n) is 6.33. The molecule has 1 aromatic heterocycles. The smallest absolute Gasteiger partial charge is 0.185 e. The minimum Gasteiger partial charge on any atom is -0.349 e. The zero-order valence-electron chi connectivity index (χ0n) is 16.9. The molecular weight excluding hydrogens is 464 g/mol. The minimum absolute atomic E-state index is 0.124. The highest BCUT2D eigenvalue weighted by Crippen LogP contribution is 2.55. The fourth-order valence-electron chi connectivity index (χ4n) is 4.93. The molecule has 3 heterocycles. The summed E-state index contributed by atoms with van der Waals surface area (Å²) in [5.74, 6) is -0.778. The number of benzene rings is 2. The number of nitriles is 2. The van der Waals surface area contributed by atoms with E-state index in [1.165, 1.54) is 0 Å². The van der Waals surface area contributed by atoms with E-state index >= 15 is 0 Å². The standard InChI is InChI=1S/C26H17BrN4O/c27-19-10-8-17(9-11-19)23-24(25(32)18-5-2-1-3-6-18)31-21-7-4-14-30-20(21)12-13-22(31)26(23,15-28)16-29/h1-14,22-24H/t22-,23-,24-/m1/s1. The highest BCUT2D eigenvalue weighted by atomic mass is 79.9. The molecule has 2 aromatic carbocycles. The average Bonchev–Trinajstić information content (AvgIpc) is 3.15. The predicted octanol–water partition coefficient (Wildman–Crippen LogP) is 5.13. The van der Waals surface area contributed by atoms with Crippen LogP contribution < -0.4 is 4.90 Å². The van der Waals surface area contributed by atoms with E-state index in [2.05, 4.69) is 33.1 Å². The zero-order valence-corrected chi connectivity index (χ0v) is 18.5. The van der Waals surface area contributed by atoms with Crippen molar-refractivity contribution in [2.45, 2.75) is 18.0 Å². The van der Waals surface area contributed by atoms with E-state index in [4.69, 9.17) is 0 Å². The van der Waals surface area contributed by atoms with Crippen LogP contribution in [-0.2, 0) is 0 Å². The molecule has 2 aliphatic heterocycles.